The van der Waals surface area contributed by atoms with E-state index < -0.39 is 11.4 Å². The third kappa shape index (κ3) is 2.75. The van der Waals surface area contributed by atoms with Gasteiger partial charge in [0.2, 0.25) is 0 Å². The molecule has 1 aliphatic heterocycles. The van der Waals surface area contributed by atoms with Gasteiger partial charge in [0, 0.05) is 29.3 Å². The maximum absolute atomic E-state index is 12.6. The van der Waals surface area contributed by atoms with Crippen molar-refractivity contribution in [1.82, 2.24) is 14.3 Å². The molecule has 0 aromatic carbocycles. The second kappa shape index (κ2) is 5.95. The smallest absolute Gasteiger partial charge is 0.341 e. The first-order valence-electron chi connectivity index (χ1n) is 9.89. The van der Waals surface area contributed by atoms with Crippen molar-refractivity contribution in [1.29, 1.82) is 0 Å². The van der Waals surface area contributed by atoms with Gasteiger partial charge in [-0.05, 0) is 24.3 Å². The summed E-state index contributed by atoms with van der Waals surface area (Å²) in [5, 5.41) is 14.5. The summed E-state index contributed by atoms with van der Waals surface area (Å²) < 4.78 is 9.30. The first-order chi connectivity index (χ1) is 13.8. The van der Waals surface area contributed by atoms with Crippen LogP contribution in [0.25, 0.3) is 22.5 Å². The Hall–Kier alpha value is -3.09. The van der Waals surface area contributed by atoms with E-state index in [4.69, 9.17) is 9.52 Å². The molecule has 3 aromatic rings. The molecule has 2 aliphatic rings. The van der Waals surface area contributed by atoms with Crippen LogP contribution in [0.2, 0.25) is 0 Å². The Morgan fingerprint density at radius 1 is 1.31 bits per heavy atom. The van der Waals surface area contributed by atoms with Crippen LogP contribution in [-0.4, -0.2) is 25.4 Å². The fraction of sp³-hybridized carbons (Fsp3) is 0.409. The molecule has 1 aliphatic carbocycles. The predicted octanol–water partition coefficient (Wildman–Crippen LogP) is 4.15. The van der Waals surface area contributed by atoms with Gasteiger partial charge in [-0.3, -0.25) is 9.48 Å². The van der Waals surface area contributed by atoms with Gasteiger partial charge in [-0.25, -0.2) is 4.79 Å². The van der Waals surface area contributed by atoms with Crippen LogP contribution in [0.15, 0.2) is 40.1 Å². The van der Waals surface area contributed by atoms with Crippen molar-refractivity contribution in [3.8, 4) is 22.5 Å². The number of carboxylic acid groups (broad SMARTS) is 1. The number of furan rings is 1. The fourth-order valence-electron chi connectivity index (χ4n) is 4.31. The number of aromatic carboxylic acids is 1. The van der Waals surface area contributed by atoms with E-state index in [-0.39, 0.29) is 17.0 Å². The lowest BCUT2D eigenvalue weighted by atomic mass is 9.84. The number of nitrogens with zero attached hydrogens (tertiary/aromatic N) is 3. The first-order valence-corrected chi connectivity index (χ1v) is 9.89. The molecule has 3 aromatic heterocycles. The van der Waals surface area contributed by atoms with Gasteiger partial charge in [0.25, 0.3) is 0 Å². The molecule has 0 radical (unpaired) electrons. The molecule has 0 bridgehead atoms. The second-order valence-corrected chi connectivity index (χ2v) is 9.11. The van der Waals surface area contributed by atoms with Crippen molar-refractivity contribution < 1.29 is 14.3 Å². The van der Waals surface area contributed by atoms with Gasteiger partial charge in [0.15, 0.2) is 5.43 Å². The van der Waals surface area contributed by atoms with Crippen LogP contribution in [0.5, 0.6) is 0 Å². The van der Waals surface area contributed by atoms with Gasteiger partial charge in [0.05, 0.1) is 42.2 Å². The van der Waals surface area contributed by atoms with Crippen LogP contribution in [-0.2, 0) is 6.54 Å². The highest BCUT2D eigenvalue weighted by atomic mass is 16.4. The molecule has 4 heterocycles. The number of aromatic nitrogens is 3. The SMILES string of the molecule is CC(C)(C)[C@@H]1Cn2nc(C3CC3)c(-c3ccoc3)c2-c2cc(=O)c(C(=O)O)cn21. The number of pyridine rings is 1. The third-order valence-electron chi connectivity index (χ3n) is 5.99. The van der Waals surface area contributed by atoms with E-state index in [1.807, 2.05) is 15.3 Å². The molecule has 7 nitrogen and oxygen atoms in total. The summed E-state index contributed by atoms with van der Waals surface area (Å²) in [5.41, 5.74) is 3.69. The normalized spacial score (nSPS) is 18.4. The van der Waals surface area contributed by atoms with Crippen molar-refractivity contribution in [3.05, 3.63) is 52.3 Å². The zero-order valence-electron chi connectivity index (χ0n) is 16.7. The Labute approximate surface area is 167 Å². The molecular formula is C22H23N3O4. The minimum Gasteiger partial charge on any atom is -0.477 e. The molecule has 1 saturated carbocycles. The Morgan fingerprint density at radius 3 is 2.66 bits per heavy atom. The second-order valence-electron chi connectivity index (χ2n) is 9.11. The summed E-state index contributed by atoms with van der Waals surface area (Å²) in [5.74, 6) is -0.782. The molecule has 7 heteroatoms. The number of carboxylic acids is 1. The monoisotopic (exact) mass is 393 g/mol. The van der Waals surface area contributed by atoms with Gasteiger partial charge < -0.3 is 14.1 Å². The highest BCUT2D eigenvalue weighted by molar-refractivity contribution is 5.88. The van der Waals surface area contributed by atoms with Crippen LogP contribution in [0, 0.1) is 5.41 Å². The van der Waals surface area contributed by atoms with Crippen LogP contribution in [0.4, 0.5) is 0 Å². The van der Waals surface area contributed by atoms with Gasteiger partial charge in [0.1, 0.15) is 5.56 Å². The van der Waals surface area contributed by atoms with Crippen molar-refractivity contribution in [2.24, 2.45) is 5.41 Å². The lowest BCUT2D eigenvalue weighted by Gasteiger charge is -2.38. The minimum atomic E-state index is -1.20. The van der Waals surface area contributed by atoms with Crippen molar-refractivity contribution >= 4 is 5.97 Å². The molecule has 0 amide bonds. The molecule has 1 fully saturated rings. The average molecular weight is 393 g/mol. The maximum Gasteiger partial charge on any atom is 0.341 e. The Kier molecular flexibility index (Phi) is 3.69. The Bertz CT molecular complexity index is 1170. The lowest BCUT2D eigenvalue weighted by Crippen LogP contribution is -2.35. The lowest BCUT2D eigenvalue weighted by molar-refractivity contribution is 0.0693. The highest BCUT2D eigenvalue weighted by Crippen LogP contribution is 2.50. The molecule has 0 unspecified atom stereocenters. The van der Waals surface area contributed by atoms with E-state index in [0.29, 0.717) is 18.2 Å². The van der Waals surface area contributed by atoms with Crippen molar-refractivity contribution in [3.63, 3.8) is 0 Å². The van der Waals surface area contributed by atoms with Crippen LogP contribution in [0.1, 0.15) is 61.6 Å². The molecule has 0 spiro atoms. The molecule has 5 rings (SSSR count). The summed E-state index contributed by atoms with van der Waals surface area (Å²) >= 11 is 0. The number of hydrogen-bond acceptors (Lipinski definition) is 4. The third-order valence-corrected chi connectivity index (χ3v) is 5.99. The molecule has 1 N–H and O–H groups in total. The maximum atomic E-state index is 12.6. The minimum absolute atomic E-state index is 0.0344. The zero-order valence-corrected chi connectivity index (χ0v) is 16.7. The van der Waals surface area contributed by atoms with Crippen LogP contribution < -0.4 is 5.43 Å². The van der Waals surface area contributed by atoms with E-state index in [2.05, 4.69) is 20.8 Å². The summed E-state index contributed by atoms with van der Waals surface area (Å²) in [6, 6.07) is 3.33. The van der Waals surface area contributed by atoms with E-state index in [9.17, 15) is 14.7 Å². The molecule has 29 heavy (non-hydrogen) atoms. The van der Waals surface area contributed by atoms with E-state index in [0.717, 1.165) is 35.4 Å². The van der Waals surface area contributed by atoms with Gasteiger partial charge >= 0.3 is 5.97 Å². The summed E-state index contributed by atoms with van der Waals surface area (Å²) in [4.78, 5) is 24.2. The Morgan fingerprint density at radius 2 is 2.07 bits per heavy atom. The van der Waals surface area contributed by atoms with Gasteiger partial charge in [-0.1, -0.05) is 20.8 Å². The number of fused-ring (bicyclic) bond motifs is 3. The summed E-state index contributed by atoms with van der Waals surface area (Å²) in [6.07, 6.45) is 7.05. The van der Waals surface area contributed by atoms with E-state index in [1.54, 1.807) is 12.5 Å². The van der Waals surface area contributed by atoms with Crippen molar-refractivity contribution in [2.45, 2.75) is 52.1 Å². The number of hydrogen-bond donors (Lipinski definition) is 1. The highest BCUT2D eigenvalue weighted by Gasteiger charge is 2.39. The topological polar surface area (TPSA) is 90.3 Å². The van der Waals surface area contributed by atoms with E-state index in [1.165, 1.54) is 12.3 Å². The molecule has 0 saturated heterocycles. The number of rotatable bonds is 3. The Balaban J connectivity index is 1.83. The zero-order chi connectivity index (χ0) is 20.5. The largest absolute Gasteiger partial charge is 0.477 e. The van der Waals surface area contributed by atoms with Crippen LogP contribution in [0.3, 0.4) is 0 Å². The molecule has 1 atom stereocenters. The summed E-state index contributed by atoms with van der Waals surface area (Å²) in [7, 11) is 0. The number of carbonyl (C=O) groups is 1. The first kappa shape index (κ1) is 18.0. The van der Waals surface area contributed by atoms with E-state index >= 15 is 0 Å². The van der Waals surface area contributed by atoms with Crippen LogP contribution >= 0.6 is 0 Å². The molecular weight excluding hydrogens is 370 g/mol. The van der Waals surface area contributed by atoms with Gasteiger partial charge in [-0.2, -0.15) is 5.10 Å². The van der Waals surface area contributed by atoms with Crippen molar-refractivity contribution in [2.75, 3.05) is 0 Å². The predicted molar refractivity (Wildman–Crippen MR) is 107 cm³/mol. The standard InChI is InChI=1S/C22H23N3O4/c1-22(2,3)17-10-25-20(15-8-16(26)14(21(27)28)9-24(15)17)18(13-6-7-29-11-13)19(23-25)12-4-5-12/h6-9,11-12,17H,4-5,10H2,1-3H3,(H,27,28)/t17-/m0/s1. The quantitative estimate of drug-likeness (QED) is 0.722. The fourth-order valence-corrected chi connectivity index (χ4v) is 4.31. The summed E-state index contributed by atoms with van der Waals surface area (Å²) in [6.45, 7) is 6.97. The average Bonchev–Trinajstić information content (AvgIpc) is 3.20. The molecule has 150 valence electrons. The van der Waals surface area contributed by atoms with Gasteiger partial charge in [-0.15, -0.1) is 0 Å².